The van der Waals surface area contributed by atoms with Gasteiger partial charge in [-0.25, -0.2) is 13.2 Å². The van der Waals surface area contributed by atoms with Gasteiger partial charge in [0.25, 0.3) is 0 Å². The first kappa shape index (κ1) is 17.7. The van der Waals surface area contributed by atoms with E-state index in [-0.39, 0.29) is 13.0 Å². The molecule has 10 heteroatoms. The van der Waals surface area contributed by atoms with Gasteiger partial charge in [0, 0.05) is 0 Å². The van der Waals surface area contributed by atoms with E-state index >= 15 is 0 Å². The number of aliphatic carboxylic acids is 1. The third kappa shape index (κ3) is 2.54. The summed E-state index contributed by atoms with van der Waals surface area (Å²) >= 11 is 0. The molecule has 2 saturated heterocycles. The van der Waals surface area contributed by atoms with Crippen LogP contribution in [-0.4, -0.2) is 56.4 Å². The lowest BCUT2D eigenvalue weighted by molar-refractivity contribution is -0.747. The minimum atomic E-state index is -3.85. The minimum Gasteiger partial charge on any atom is -0.480 e. The average Bonchev–Trinajstić information content (AvgIpc) is 3.08. The number of benzene rings is 1. The number of carbonyl (C=O) groups excluding carboxylic acids is 1. The molecule has 3 atom stereocenters. The second-order valence-electron chi connectivity index (χ2n) is 7.13. The smallest absolute Gasteiger partial charge is 0.328 e. The van der Waals surface area contributed by atoms with Gasteiger partial charge in [-0.3, -0.25) is 4.79 Å². The predicted octanol–water partition coefficient (Wildman–Crippen LogP) is -0.582. The van der Waals surface area contributed by atoms with Gasteiger partial charge in [-0.15, -0.1) is 9.36 Å². The second kappa shape index (κ2) is 5.88. The Hall–Kier alpha value is -2.75. The second-order valence-corrected chi connectivity index (χ2v) is 9.69. The number of hydrogen-bond acceptors (Lipinski definition) is 5. The normalized spacial score (nSPS) is 28.6. The van der Waals surface area contributed by atoms with E-state index < -0.39 is 37.9 Å². The molecule has 2 aliphatic heterocycles. The molecule has 0 bridgehead atoms. The molecule has 0 radical (unpaired) electrons. The minimum absolute atomic E-state index is 0.144. The first-order chi connectivity index (χ1) is 12.7. The Kier molecular flexibility index (Phi) is 3.84. The maximum Gasteiger partial charge on any atom is 0.328 e. The molecule has 9 nitrogen and oxygen atoms in total. The number of fused-ring (bicyclic) bond motifs is 1. The fourth-order valence-electron chi connectivity index (χ4n) is 3.91. The summed E-state index contributed by atoms with van der Waals surface area (Å²) in [6, 6.07) is 8.23. The van der Waals surface area contributed by atoms with E-state index in [1.165, 1.54) is 11.6 Å². The summed E-state index contributed by atoms with van der Waals surface area (Å²) in [6.45, 7) is 1.75. The molecule has 2 fully saturated rings. The zero-order valence-electron chi connectivity index (χ0n) is 14.6. The van der Waals surface area contributed by atoms with Gasteiger partial charge in [0.2, 0.25) is 5.91 Å². The number of hydrogen-bond donors (Lipinski definition) is 1. The van der Waals surface area contributed by atoms with Gasteiger partial charge in [-0.1, -0.05) is 30.3 Å². The molecule has 0 saturated carbocycles. The molecule has 1 N–H and O–H groups in total. The number of amides is 1. The number of sulfone groups is 1. The van der Waals surface area contributed by atoms with Crippen LogP contribution in [-0.2, 0) is 32.5 Å². The maximum atomic E-state index is 12.9. The molecule has 3 heterocycles. The first-order valence-corrected chi connectivity index (χ1v) is 10.0. The number of nitrogens with zero attached hydrogens (tertiary/aromatic N) is 4. The summed E-state index contributed by atoms with van der Waals surface area (Å²) < 4.78 is 27.3. The van der Waals surface area contributed by atoms with Crippen molar-refractivity contribution >= 4 is 21.7 Å². The van der Waals surface area contributed by atoms with Crippen molar-refractivity contribution in [3.63, 3.8) is 0 Å². The highest BCUT2D eigenvalue weighted by Gasteiger charge is 2.71. The number of carbonyl (C=O) groups is 2. The van der Waals surface area contributed by atoms with Gasteiger partial charge in [0.1, 0.15) is 23.2 Å². The molecule has 142 valence electrons. The van der Waals surface area contributed by atoms with Crippen LogP contribution in [0.1, 0.15) is 18.9 Å². The zero-order chi connectivity index (χ0) is 19.4. The lowest BCUT2D eigenvalue weighted by Gasteiger charge is -2.35. The van der Waals surface area contributed by atoms with E-state index in [2.05, 4.69) is 5.21 Å². The first-order valence-electron chi connectivity index (χ1n) is 8.48. The lowest BCUT2D eigenvalue weighted by Crippen LogP contribution is -2.58. The quantitative estimate of drug-likeness (QED) is 0.539. The van der Waals surface area contributed by atoms with Crippen molar-refractivity contribution in [2.24, 2.45) is 0 Å². The van der Waals surface area contributed by atoms with E-state index in [9.17, 15) is 23.1 Å². The standard InChI is InChI=1S/C17H18N4O5S/c1-17(15(16(23)24)21-13(22)9-14(21)27(17,25)26)11-20-8-7-19(18-20)10-12-5-3-2-4-6-12/h2-8,14-15H,9-11H2,1H3/p+1/t14-,15+,17+/m1/s1. The highest BCUT2D eigenvalue weighted by atomic mass is 32.2. The molecule has 1 aromatic heterocycles. The number of rotatable bonds is 5. The van der Waals surface area contributed by atoms with E-state index in [4.69, 9.17) is 0 Å². The Morgan fingerprint density at radius 3 is 2.70 bits per heavy atom. The van der Waals surface area contributed by atoms with Gasteiger partial charge in [0.05, 0.1) is 11.6 Å². The molecule has 4 rings (SSSR count). The van der Waals surface area contributed by atoms with Gasteiger partial charge in [0.15, 0.2) is 28.3 Å². The Morgan fingerprint density at radius 1 is 1.37 bits per heavy atom. The van der Waals surface area contributed by atoms with Crippen LogP contribution < -0.4 is 4.68 Å². The largest absolute Gasteiger partial charge is 0.480 e. The van der Waals surface area contributed by atoms with Crippen molar-refractivity contribution in [3.8, 4) is 0 Å². The molecule has 1 aromatic carbocycles. The third-order valence-corrected chi connectivity index (χ3v) is 8.11. The van der Waals surface area contributed by atoms with Crippen LogP contribution in [0.4, 0.5) is 0 Å². The highest BCUT2D eigenvalue weighted by Crippen LogP contribution is 2.46. The molecule has 1 amide bonds. The molecule has 0 unspecified atom stereocenters. The fourth-order valence-corrected chi connectivity index (χ4v) is 6.27. The molecule has 0 spiro atoms. The number of carboxylic acids is 1. The predicted molar refractivity (Wildman–Crippen MR) is 92.0 cm³/mol. The summed E-state index contributed by atoms with van der Waals surface area (Å²) in [7, 11) is -3.85. The summed E-state index contributed by atoms with van der Waals surface area (Å²) in [4.78, 5) is 24.6. The summed E-state index contributed by atoms with van der Waals surface area (Å²) in [5.41, 5.74) is 1.03. The van der Waals surface area contributed by atoms with Gasteiger partial charge in [-0.05, 0) is 12.5 Å². The average molecular weight is 391 g/mol. The van der Waals surface area contributed by atoms with Crippen LogP contribution in [0.15, 0.2) is 42.7 Å². The van der Waals surface area contributed by atoms with E-state index in [1.54, 1.807) is 17.1 Å². The van der Waals surface area contributed by atoms with Crippen LogP contribution in [0.2, 0.25) is 0 Å². The Bertz CT molecular complexity index is 1020. The topological polar surface area (TPSA) is 113 Å². The molecule has 2 aliphatic rings. The van der Waals surface area contributed by atoms with E-state index in [0.717, 1.165) is 10.5 Å². The number of β-lactam (4-membered cyclic amide) rings is 1. The Labute approximate surface area is 155 Å². The van der Waals surface area contributed by atoms with Crippen LogP contribution in [0.3, 0.4) is 0 Å². The van der Waals surface area contributed by atoms with E-state index in [0.29, 0.717) is 6.54 Å². The lowest BCUT2D eigenvalue weighted by atomic mass is 9.96. The Balaban J connectivity index is 1.63. The summed E-state index contributed by atoms with van der Waals surface area (Å²) in [5.74, 6) is -1.76. The van der Waals surface area contributed by atoms with Gasteiger partial charge >= 0.3 is 5.97 Å². The molecule has 0 aliphatic carbocycles. The number of aromatic nitrogens is 3. The highest BCUT2D eigenvalue weighted by molar-refractivity contribution is 7.93. The zero-order valence-corrected chi connectivity index (χ0v) is 15.4. The van der Waals surface area contributed by atoms with Crippen molar-refractivity contribution in [3.05, 3.63) is 48.3 Å². The number of carboxylic acid groups (broad SMARTS) is 1. The van der Waals surface area contributed by atoms with Crippen molar-refractivity contribution in [1.82, 2.24) is 14.8 Å². The molecule has 27 heavy (non-hydrogen) atoms. The van der Waals surface area contributed by atoms with Crippen LogP contribution >= 0.6 is 0 Å². The van der Waals surface area contributed by atoms with Gasteiger partial charge < -0.3 is 10.0 Å². The van der Waals surface area contributed by atoms with Gasteiger partial charge in [-0.2, -0.15) is 0 Å². The maximum absolute atomic E-state index is 12.9. The monoisotopic (exact) mass is 391 g/mol. The van der Waals surface area contributed by atoms with Crippen molar-refractivity contribution in [2.45, 2.75) is 42.6 Å². The van der Waals surface area contributed by atoms with Crippen LogP contribution in [0.5, 0.6) is 0 Å². The van der Waals surface area contributed by atoms with Crippen molar-refractivity contribution in [2.75, 3.05) is 0 Å². The summed E-state index contributed by atoms with van der Waals surface area (Å²) in [6.07, 6.45) is 3.16. The molecule has 2 aromatic rings. The fraction of sp³-hybridized carbons (Fsp3) is 0.412. The van der Waals surface area contributed by atoms with E-state index in [1.807, 2.05) is 30.3 Å². The molecular weight excluding hydrogens is 372 g/mol. The van der Waals surface area contributed by atoms with Crippen LogP contribution in [0, 0.1) is 0 Å². The molecular formula is C17H19N4O5S+. The summed E-state index contributed by atoms with van der Waals surface area (Å²) in [5, 5.41) is 12.9. The Morgan fingerprint density at radius 2 is 2.07 bits per heavy atom. The van der Waals surface area contributed by atoms with Crippen LogP contribution in [0.25, 0.3) is 0 Å². The third-order valence-electron chi connectivity index (χ3n) is 5.35. The van der Waals surface area contributed by atoms with Crippen molar-refractivity contribution in [1.29, 1.82) is 0 Å². The van der Waals surface area contributed by atoms with Crippen molar-refractivity contribution < 1.29 is 27.8 Å². The SMILES string of the molecule is C[C@]1(Cn2cc[n+](Cc3ccccc3)n2)[C@H](C(=O)O)N2C(=O)C[C@H]2S1(=O)=O.